The number of halogens is 1. The Morgan fingerprint density at radius 1 is 1.16 bits per heavy atom. The molecule has 7 heteroatoms. The molecule has 0 saturated heterocycles. The summed E-state index contributed by atoms with van der Waals surface area (Å²) < 4.78 is 11.9. The van der Waals surface area contributed by atoms with Gasteiger partial charge in [0, 0.05) is 13.6 Å². The predicted molar refractivity (Wildman–Crippen MR) is 125 cm³/mol. The Morgan fingerprint density at radius 3 is 2.48 bits per heavy atom. The van der Waals surface area contributed by atoms with E-state index >= 15 is 0 Å². The third-order valence-electron chi connectivity index (χ3n) is 5.09. The topological polar surface area (TPSA) is 67.9 Å². The molecule has 0 spiro atoms. The van der Waals surface area contributed by atoms with Crippen LogP contribution in [-0.2, 0) is 16.1 Å². The highest BCUT2D eigenvalue weighted by Gasteiger charge is 2.28. The van der Waals surface area contributed by atoms with Crippen LogP contribution in [0.1, 0.15) is 44.2 Å². The molecule has 0 bridgehead atoms. The lowest BCUT2D eigenvalue weighted by Gasteiger charge is -2.30. The lowest BCUT2D eigenvalue weighted by Crippen LogP contribution is -2.49. The highest BCUT2D eigenvalue weighted by molar-refractivity contribution is 9.10. The van der Waals surface area contributed by atoms with Crippen LogP contribution in [0.25, 0.3) is 0 Å². The third kappa shape index (κ3) is 6.72. The molecule has 6 nitrogen and oxygen atoms in total. The molecule has 2 rings (SSSR count). The van der Waals surface area contributed by atoms with Crippen LogP contribution in [0.4, 0.5) is 0 Å². The fourth-order valence-corrected chi connectivity index (χ4v) is 3.78. The van der Waals surface area contributed by atoms with Gasteiger partial charge < -0.3 is 19.7 Å². The number of hydrogen-bond acceptors (Lipinski definition) is 4. The van der Waals surface area contributed by atoms with E-state index < -0.39 is 6.04 Å². The Kier molecular flexibility index (Phi) is 9.37. The van der Waals surface area contributed by atoms with Crippen LogP contribution in [0, 0.1) is 0 Å². The first kappa shape index (κ1) is 24.7. The standard InChI is InChI=1S/C24H31BrN2O4/c1-6-21(24(29)26-4)27(14-17-8-7-9-19(12-17)30-5)23(28)15-31-22-11-10-18(16(2)3)13-20(22)25/h7-13,16,21H,6,14-15H2,1-5H3,(H,26,29)/t21-/m1/s1. The number of hydrogen-bond donors (Lipinski definition) is 1. The van der Waals surface area contributed by atoms with Gasteiger partial charge in [0.25, 0.3) is 5.91 Å². The summed E-state index contributed by atoms with van der Waals surface area (Å²) in [6, 6.07) is 12.7. The van der Waals surface area contributed by atoms with Crippen LogP contribution in [0.5, 0.6) is 11.5 Å². The Morgan fingerprint density at radius 2 is 1.90 bits per heavy atom. The van der Waals surface area contributed by atoms with Crippen LogP contribution in [0.2, 0.25) is 0 Å². The van der Waals surface area contributed by atoms with Gasteiger partial charge in [-0.2, -0.15) is 0 Å². The molecule has 2 aromatic carbocycles. The summed E-state index contributed by atoms with van der Waals surface area (Å²) in [5.74, 6) is 1.21. The van der Waals surface area contributed by atoms with Crippen LogP contribution in [-0.4, -0.2) is 43.5 Å². The van der Waals surface area contributed by atoms with E-state index in [-0.39, 0.29) is 25.0 Å². The highest BCUT2D eigenvalue weighted by Crippen LogP contribution is 2.29. The van der Waals surface area contributed by atoms with Crippen molar-refractivity contribution in [2.45, 2.75) is 45.7 Å². The molecule has 31 heavy (non-hydrogen) atoms. The highest BCUT2D eigenvalue weighted by atomic mass is 79.9. The lowest BCUT2D eigenvalue weighted by atomic mass is 10.0. The van der Waals surface area contributed by atoms with Gasteiger partial charge in [-0.05, 0) is 63.7 Å². The molecular formula is C24H31BrN2O4. The number of rotatable bonds is 10. The SMILES string of the molecule is CC[C@H](C(=O)NC)N(Cc1cccc(OC)c1)C(=O)COc1ccc(C(C)C)cc1Br. The van der Waals surface area contributed by atoms with Crippen LogP contribution in [0.15, 0.2) is 46.9 Å². The molecule has 0 aliphatic rings. The molecule has 0 aliphatic carbocycles. The van der Waals surface area contributed by atoms with Crippen molar-refractivity contribution in [1.29, 1.82) is 0 Å². The van der Waals surface area contributed by atoms with E-state index in [1.165, 1.54) is 5.56 Å². The summed E-state index contributed by atoms with van der Waals surface area (Å²) in [4.78, 5) is 27.2. The van der Waals surface area contributed by atoms with Crippen molar-refractivity contribution in [1.82, 2.24) is 10.2 Å². The molecule has 0 heterocycles. The van der Waals surface area contributed by atoms with Crippen molar-refractivity contribution in [2.75, 3.05) is 20.8 Å². The van der Waals surface area contributed by atoms with Crippen LogP contribution >= 0.6 is 15.9 Å². The Bertz CT molecular complexity index is 901. The summed E-state index contributed by atoms with van der Waals surface area (Å²) in [7, 11) is 3.17. The number of likely N-dealkylation sites (N-methyl/N-ethyl adjacent to an activating group) is 1. The molecular weight excluding hydrogens is 460 g/mol. The van der Waals surface area contributed by atoms with Gasteiger partial charge in [0.2, 0.25) is 5.91 Å². The number of carbonyl (C=O) groups excluding carboxylic acids is 2. The summed E-state index contributed by atoms with van der Waals surface area (Å²) >= 11 is 3.52. The predicted octanol–water partition coefficient (Wildman–Crippen LogP) is 4.51. The van der Waals surface area contributed by atoms with E-state index in [1.54, 1.807) is 19.1 Å². The third-order valence-corrected chi connectivity index (χ3v) is 5.71. The van der Waals surface area contributed by atoms with E-state index in [1.807, 2.05) is 49.4 Å². The lowest BCUT2D eigenvalue weighted by molar-refractivity contribution is -0.142. The molecule has 0 fully saturated rings. The van der Waals surface area contributed by atoms with E-state index in [9.17, 15) is 9.59 Å². The molecule has 1 N–H and O–H groups in total. The Balaban J connectivity index is 2.22. The number of benzene rings is 2. The first-order chi connectivity index (χ1) is 14.8. The Hall–Kier alpha value is -2.54. The fraction of sp³-hybridized carbons (Fsp3) is 0.417. The molecule has 2 aromatic rings. The van der Waals surface area contributed by atoms with Gasteiger partial charge in [-0.1, -0.05) is 39.0 Å². The van der Waals surface area contributed by atoms with Gasteiger partial charge in [-0.15, -0.1) is 0 Å². The minimum atomic E-state index is -0.598. The number of methoxy groups -OCH3 is 1. The van der Waals surface area contributed by atoms with Crippen molar-refractivity contribution in [3.05, 3.63) is 58.1 Å². The van der Waals surface area contributed by atoms with Crippen molar-refractivity contribution in [3.63, 3.8) is 0 Å². The fourth-order valence-electron chi connectivity index (χ4n) is 3.27. The summed E-state index contributed by atoms with van der Waals surface area (Å²) in [6.45, 7) is 6.22. The van der Waals surface area contributed by atoms with E-state index in [4.69, 9.17) is 9.47 Å². The second-order valence-corrected chi connectivity index (χ2v) is 8.40. The molecule has 0 unspecified atom stereocenters. The Labute approximate surface area is 193 Å². The first-order valence-electron chi connectivity index (χ1n) is 10.4. The maximum atomic E-state index is 13.2. The van der Waals surface area contributed by atoms with E-state index in [2.05, 4.69) is 35.1 Å². The molecule has 1 atom stereocenters. The normalized spacial score (nSPS) is 11.7. The van der Waals surface area contributed by atoms with E-state index in [0.29, 0.717) is 23.8 Å². The van der Waals surface area contributed by atoms with Gasteiger partial charge in [-0.25, -0.2) is 0 Å². The van der Waals surface area contributed by atoms with Gasteiger partial charge in [0.1, 0.15) is 17.5 Å². The van der Waals surface area contributed by atoms with E-state index in [0.717, 1.165) is 10.0 Å². The van der Waals surface area contributed by atoms with Crippen molar-refractivity contribution in [2.24, 2.45) is 0 Å². The first-order valence-corrected chi connectivity index (χ1v) is 11.2. The van der Waals surface area contributed by atoms with Gasteiger partial charge in [-0.3, -0.25) is 9.59 Å². The number of ether oxygens (including phenoxy) is 2. The summed E-state index contributed by atoms with van der Waals surface area (Å²) in [5, 5.41) is 2.65. The largest absolute Gasteiger partial charge is 0.497 e. The molecule has 0 aromatic heterocycles. The van der Waals surface area contributed by atoms with Crippen molar-refractivity contribution in [3.8, 4) is 11.5 Å². The van der Waals surface area contributed by atoms with Gasteiger partial charge >= 0.3 is 0 Å². The number of amides is 2. The van der Waals surface area contributed by atoms with Crippen LogP contribution < -0.4 is 14.8 Å². The zero-order valence-electron chi connectivity index (χ0n) is 18.8. The number of nitrogens with zero attached hydrogens (tertiary/aromatic N) is 1. The minimum absolute atomic E-state index is 0.170. The zero-order valence-corrected chi connectivity index (χ0v) is 20.4. The number of nitrogens with one attached hydrogen (secondary N) is 1. The average molecular weight is 491 g/mol. The van der Waals surface area contributed by atoms with Gasteiger partial charge in [0.15, 0.2) is 6.61 Å². The minimum Gasteiger partial charge on any atom is -0.497 e. The summed E-state index contributed by atoms with van der Waals surface area (Å²) in [6.07, 6.45) is 0.488. The maximum Gasteiger partial charge on any atom is 0.261 e. The maximum absolute atomic E-state index is 13.2. The zero-order chi connectivity index (χ0) is 23.0. The smallest absolute Gasteiger partial charge is 0.261 e. The van der Waals surface area contributed by atoms with Crippen molar-refractivity contribution < 1.29 is 19.1 Å². The van der Waals surface area contributed by atoms with Gasteiger partial charge in [0.05, 0.1) is 11.6 Å². The second kappa shape index (κ2) is 11.7. The quantitative estimate of drug-likeness (QED) is 0.531. The monoisotopic (exact) mass is 490 g/mol. The molecule has 0 radical (unpaired) electrons. The molecule has 0 aliphatic heterocycles. The number of carbonyl (C=O) groups is 2. The summed E-state index contributed by atoms with van der Waals surface area (Å²) in [5.41, 5.74) is 2.05. The van der Waals surface area contributed by atoms with Crippen LogP contribution in [0.3, 0.4) is 0 Å². The average Bonchev–Trinajstić information content (AvgIpc) is 2.77. The molecule has 0 saturated carbocycles. The van der Waals surface area contributed by atoms with Crippen molar-refractivity contribution >= 4 is 27.7 Å². The second-order valence-electron chi connectivity index (χ2n) is 7.54. The molecule has 168 valence electrons. The molecule has 2 amide bonds.